The van der Waals surface area contributed by atoms with Crippen LogP contribution in [0.2, 0.25) is 0 Å². The van der Waals surface area contributed by atoms with Gasteiger partial charge in [0.15, 0.2) is 5.82 Å². The fourth-order valence-electron chi connectivity index (χ4n) is 5.04. The van der Waals surface area contributed by atoms with Crippen molar-refractivity contribution in [3.05, 3.63) is 70.9 Å². The van der Waals surface area contributed by atoms with Gasteiger partial charge in [0.05, 0.1) is 6.20 Å². The Hall–Kier alpha value is -2.57. The maximum atomic E-state index is 6.71. The third-order valence-corrected chi connectivity index (χ3v) is 8.36. The molecule has 5 nitrogen and oxygen atoms in total. The number of benzene rings is 2. The van der Waals surface area contributed by atoms with Crippen LogP contribution in [-0.4, -0.2) is 23.1 Å². The van der Waals surface area contributed by atoms with Crippen LogP contribution in [0, 0.1) is 19.3 Å². The van der Waals surface area contributed by atoms with Gasteiger partial charge < -0.3 is 16.4 Å². The second kappa shape index (κ2) is 7.84. The molecule has 1 aromatic heterocycles. The molecule has 0 bridgehead atoms. The highest BCUT2D eigenvalue weighted by atomic mass is 32.2. The third kappa shape index (κ3) is 3.58. The molecule has 3 aromatic rings. The van der Waals surface area contributed by atoms with Crippen molar-refractivity contribution in [2.45, 2.75) is 49.1 Å². The van der Waals surface area contributed by atoms with Gasteiger partial charge in [0.1, 0.15) is 10.8 Å². The Labute approximate surface area is 188 Å². The lowest BCUT2D eigenvalue weighted by Crippen LogP contribution is -2.44. The van der Waals surface area contributed by atoms with E-state index in [1.165, 1.54) is 27.1 Å². The number of fused-ring (bicyclic) bond motifs is 1. The van der Waals surface area contributed by atoms with Gasteiger partial charge in [-0.15, -0.1) is 0 Å². The molecule has 6 heteroatoms. The van der Waals surface area contributed by atoms with Gasteiger partial charge in [-0.2, -0.15) is 0 Å². The van der Waals surface area contributed by atoms with Gasteiger partial charge in [0, 0.05) is 24.0 Å². The highest BCUT2D eigenvalue weighted by Crippen LogP contribution is 2.51. The monoisotopic (exact) mass is 431 g/mol. The van der Waals surface area contributed by atoms with Crippen molar-refractivity contribution >= 4 is 23.4 Å². The molecule has 1 aliphatic carbocycles. The molecule has 0 unspecified atom stereocenters. The summed E-state index contributed by atoms with van der Waals surface area (Å²) in [7, 11) is 0. The van der Waals surface area contributed by atoms with Crippen molar-refractivity contribution in [3.8, 4) is 0 Å². The minimum atomic E-state index is 0.123. The molecule has 0 amide bonds. The molecular weight excluding hydrogens is 402 g/mol. The lowest BCUT2D eigenvalue weighted by Gasteiger charge is -2.42. The number of hydrogen-bond acceptors (Lipinski definition) is 6. The fraction of sp³-hybridized carbons (Fsp3) is 0.360. The second-order valence-electron chi connectivity index (χ2n) is 8.92. The first-order valence-corrected chi connectivity index (χ1v) is 11.7. The van der Waals surface area contributed by atoms with Gasteiger partial charge in [-0.3, -0.25) is 0 Å². The normalized spacial score (nSPS) is 19.6. The molecule has 0 radical (unpaired) electrons. The van der Waals surface area contributed by atoms with Gasteiger partial charge in [0.2, 0.25) is 0 Å². The molecule has 1 fully saturated rings. The van der Waals surface area contributed by atoms with E-state index >= 15 is 0 Å². The average molecular weight is 432 g/mol. The van der Waals surface area contributed by atoms with Gasteiger partial charge in [-0.05, 0) is 66.8 Å². The molecular formula is C25H29N5S. The van der Waals surface area contributed by atoms with Crippen LogP contribution in [0.1, 0.15) is 41.1 Å². The first-order valence-electron chi connectivity index (χ1n) is 10.9. The quantitative estimate of drug-likeness (QED) is 0.627. The molecule has 4 N–H and O–H groups in total. The van der Waals surface area contributed by atoms with Gasteiger partial charge in [-0.25, -0.2) is 9.97 Å². The maximum Gasteiger partial charge on any atom is 0.158 e. The lowest BCUT2D eigenvalue weighted by molar-refractivity contribution is 0.187. The van der Waals surface area contributed by atoms with Crippen LogP contribution in [-0.2, 0) is 6.42 Å². The number of aromatic nitrogens is 2. The van der Waals surface area contributed by atoms with E-state index in [1.54, 1.807) is 11.8 Å². The topological polar surface area (TPSA) is 81.1 Å². The minimum absolute atomic E-state index is 0.123. The number of nitrogen functional groups attached to an aromatic ring is 1. The van der Waals surface area contributed by atoms with Gasteiger partial charge in [0.25, 0.3) is 0 Å². The number of anilines is 2. The number of aryl methyl sites for hydroxylation is 1. The summed E-state index contributed by atoms with van der Waals surface area (Å²) in [6.07, 6.45) is 5.06. The Kier molecular flexibility index (Phi) is 5.15. The molecule has 160 valence electrons. The number of hydrogen-bond donors (Lipinski definition) is 2. The van der Waals surface area contributed by atoms with Crippen LogP contribution in [0.4, 0.5) is 11.6 Å². The molecule has 2 aromatic carbocycles. The molecule has 1 saturated heterocycles. The van der Waals surface area contributed by atoms with Crippen molar-refractivity contribution in [3.63, 3.8) is 0 Å². The van der Waals surface area contributed by atoms with E-state index in [4.69, 9.17) is 16.5 Å². The molecule has 1 atom stereocenters. The largest absolute Gasteiger partial charge is 0.381 e. The van der Waals surface area contributed by atoms with Crippen molar-refractivity contribution in [1.29, 1.82) is 0 Å². The smallest absolute Gasteiger partial charge is 0.158 e. The van der Waals surface area contributed by atoms with E-state index in [0.29, 0.717) is 5.82 Å². The van der Waals surface area contributed by atoms with Crippen LogP contribution in [0.5, 0.6) is 0 Å². The lowest BCUT2D eigenvalue weighted by atomic mass is 9.73. The molecule has 2 aliphatic rings. The summed E-state index contributed by atoms with van der Waals surface area (Å²) in [5.41, 5.74) is 18.5. The predicted molar refractivity (Wildman–Crippen MR) is 127 cm³/mol. The standard InChI is InChI=1S/C25H29N5S/c1-16-6-5-9-20(17(16)2)31-24-23(27)29-21(15-28-24)30-12-10-25(11-13-30)14-18-7-3-4-8-19(18)22(25)26/h3-9,15,22H,10-14,26H2,1-2H3,(H2,27,29)/t22-/m1/s1. The molecule has 0 saturated carbocycles. The summed E-state index contributed by atoms with van der Waals surface area (Å²) >= 11 is 1.59. The molecule has 1 spiro atoms. The van der Waals surface area contributed by atoms with Crippen LogP contribution in [0.15, 0.2) is 58.6 Å². The van der Waals surface area contributed by atoms with Crippen molar-refractivity contribution in [2.75, 3.05) is 23.7 Å². The SMILES string of the molecule is Cc1cccc(Sc2ncc(N3CCC4(CC3)Cc3ccccc3[C@H]4N)nc2N)c1C. The maximum absolute atomic E-state index is 6.71. The third-order valence-electron chi connectivity index (χ3n) is 7.19. The summed E-state index contributed by atoms with van der Waals surface area (Å²) in [5.74, 6) is 1.36. The van der Waals surface area contributed by atoms with Crippen molar-refractivity contribution in [1.82, 2.24) is 9.97 Å². The summed E-state index contributed by atoms with van der Waals surface area (Å²) in [6, 6.07) is 15.1. The Balaban J connectivity index is 1.29. The van der Waals surface area contributed by atoms with E-state index in [2.05, 4.69) is 66.2 Å². The summed E-state index contributed by atoms with van der Waals surface area (Å²) in [5, 5.41) is 0.763. The zero-order valence-corrected chi connectivity index (χ0v) is 19.0. The van der Waals surface area contributed by atoms with Gasteiger partial charge >= 0.3 is 0 Å². The summed E-state index contributed by atoms with van der Waals surface area (Å²) in [6.45, 7) is 6.11. The number of rotatable bonds is 3. The van der Waals surface area contributed by atoms with E-state index in [9.17, 15) is 0 Å². The number of nitrogens with zero attached hydrogens (tertiary/aromatic N) is 3. The predicted octanol–water partition coefficient (Wildman–Crippen LogP) is 4.67. The second-order valence-corrected chi connectivity index (χ2v) is 9.95. The minimum Gasteiger partial charge on any atom is -0.381 e. The van der Waals surface area contributed by atoms with Crippen LogP contribution >= 0.6 is 11.8 Å². The van der Waals surface area contributed by atoms with E-state index < -0.39 is 0 Å². The Morgan fingerprint density at radius 1 is 1.06 bits per heavy atom. The van der Waals surface area contributed by atoms with Gasteiger partial charge in [-0.1, -0.05) is 48.2 Å². The highest BCUT2D eigenvalue weighted by Gasteiger charge is 2.45. The summed E-state index contributed by atoms with van der Waals surface area (Å²) < 4.78 is 0. The van der Waals surface area contributed by atoms with Crippen LogP contribution in [0.3, 0.4) is 0 Å². The fourth-order valence-corrected chi connectivity index (χ4v) is 5.96. The highest BCUT2D eigenvalue weighted by molar-refractivity contribution is 7.99. The molecule has 5 rings (SSSR count). The molecule has 2 heterocycles. The zero-order valence-electron chi connectivity index (χ0n) is 18.1. The van der Waals surface area contributed by atoms with E-state index in [0.717, 1.165) is 43.2 Å². The van der Waals surface area contributed by atoms with E-state index in [-0.39, 0.29) is 11.5 Å². The average Bonchev–Trinajstić information content (AvgIpc) is 3.05. The molecule has 31 heavy (non-hydrogen) atoms. The zero-order chi connectivity index (χ0) is 21.6. The first-order chi connectivity index (χ1) is 15.0. The van der Waals surface area contributed by atoms with Crippen molar-refractivity contribution < 1.29 is 0 Å². The number of nitrogens with two attached hydrogens (primary N) is 2. The van der Waals surface area contributed by atoms with Crippen molar-refractivity contribution in [2.24, 2.45) is 11.1 Å². The number of piperidine rings is 1. The molecule has 1 aliphatic heterocycles. The Morgan fingerprint density at radius 3 is 2.58 bits per heavy atom. The Bertz CT molecular complexity index is 1120. The van der Waals surface area contributed by atoms with Crippen LogP contribution < -0.4 is 16.4 Å². The summed E-state index contributed by atoms with van der Waals surface area (Å²) in [4.78, 5) is 12.8. The van der Waals surface area contributed by atoms with E-state index in [1.807, 2.05) is 6.20 Å². The van der Waals surface area contributed by atoms with Crippen LogP contribution in [0.25, 0.3) is 0 Å². The Morgan fingerprint density at radius 2 is 1.84 bits per heavy atom. The first kappa shape index (κ1) is 20.3.